The molecule has 0 spiro atoms. The third-order valence-electron chi connectivity index (χ3n) is 2.54. The highest BCUT2D eigenvalue weighted by atomic mass is 32.2. The van der Waals surface area contributed by atoms with Crippen LogP contribution in [0.4, 0.5) is 0 Å². The predicted molar refractivity (Wildman–Crippen MR) is 61.1 cm³/mol. The van der Waals surface area contributed by atoms with Crippen molar-refractivity contribution in [3.63, 3.8) is 0 Å². The van der Waals surface area contributed by atoms with Crippen molar-refractivity contribution in [2.45, 2.75) is 0 Å². The van der Waals surface area contributed by atoms with Crippen LogP contribution >= 0.6 is 0 Å². The molecule has 1 saturated heterocycles. The van der Waals surface area contributed by atoms with Crippen molar-refractivity contribution in [1.82, 2.24) is 9.21 Å². The molecular formula is C9H19N3O2S. The average molecular weight is 233 g/mol. The molecule has 1 fully saturated rings. The Morgan fingerprint density at radius 1 is 1.33 bits per heavy atom. The van der Waals surface area contributed by atoms with Crippen molar-refractivity contribution in [2.24, 2.45) is 5.73 Å². The summed E-state index contributed by atoms with van der Waals surface area (Å²) >= 11 is 0. The van der Waals surface area contributed by atoms with Gasteiger partial charge in [0.05, 0.1) is 6.26 Å². The second-order valence-corrected chi connectivity index (χ2v) is 5.87. The van der Waals surface area contributed by atoms with Crippen LogP contribution in [0.5, 0.6) is 0 Å². The highest BCUT2D eigenvalue weighted by Crippen LogP contribution is 2.06. The smallest absolute Gasteiger partial charge is 0.211 e. The molecule has 2 N–H and O–H groups in total. The van der Waals surface area contributed by atoms with Gasteiger partial charge in [-0.1, -0.05) is 6.58 Å². The minimum Gasteiger partial charge on any atom is -0.327 e. The summed E-state index contributed by atoms with van der Waals surface area (Å²) in [5.41, 5.74) is 6.44. The van der Waals surface area contributed by atoms with E-state index in [9.17, 15) is 8.42 Å². The predicted octanol–water partition coefficient (Wildman–Crippen LogP) is -0.921. The Morgan fingerprint density at radius 2 is 1.87 bits per heavy atom. The molecule has 0 bridgehead atoms. The van der Waals surface area contributed by atoms with Crippen molar-refractivity contribution >= 4 is 10.0 Å². The van der Waals surface area contributed by atoms with Gasteiger partial charge in [0.25, 0.3) is 0 Å². The minimum absolute atomic E-state index is 0.492. The first-order valence-electron chi connectivity index (χ1n) is 4.97. The average Bonchev–Trinajstić information content (AvgIpc) is 2.17. The summed E-state index contributed by atoms with van der Waals surface area (Å²) in [4.78, 5) is 2.18. The van der Waals surface area contributed by atoms with E-state index in [2.05, 4.69) is 11.5 Å². The number of sulfonamides is 1. The maximum Gasteiger partial charge on any atom is 0.211 e. The standard InChI is InChI=1S/C9H19N3O2S/c1-9(7-10)8-11-3-5-12(6-4-11)15(2,13)14/h1,3-8,10H2,2H3. The van der Waals surface area contributed by atoms with Crippen LogP contribution < -0.4 is 5.73 Å². The summed E-state index contributed by atoms with van der Waals surface area (Å²) < 4.78 is 24.0. The number of hydrogen-bond acceptors (Lipinski definition) is 4. The molecule has 0 unspecified atom stereocenters. The van der Waals surface area contributed by atoms with Crippen LogP contribution in [0.25, 0.3) is 0 Å². The van der Waals surface area contributed by atoms with Crippen LogP contribution in [0.15, 0.2) is 12.2 Å². The molecule has 15 heavy (non-hydrogen) atoms. The minimum atomic E-state index is -3.02. The van der Waals surface area contributed by atoms with E-state index in [0.29, 0.717) is 19.6 Å². The molecular weight excluding hydrogens is 214 g/mol. The normalized spacial score (nSPS) is 20.4. The summed E-state index contributed by atoms with van der Waals surface area (Å²) in [6, 6.07) is 0. The number of rotatable bonds is 4. The van der Waals surface area contributed by atoms with E-state index in [-0.39, 0.29) is 0 Å². The van der Waals surface area contributed by atoms with Gasteiger partial charge >= 0.3 is 0 Å². The summed E-state index contributed by atoms with van der Waals surface area (Å²) in [5.74, 6) is 0. The van der Waals surface area contributed by atoms with Crippen molar-refractivity contribution in [3.8, 4) is 0 Å². The molecule has 1 heterocycles. The lowest BCUT2D eigenvalue weighted by Crippen LogP contribution is -2.48. The van der Waals surface area contributed by atoms with E-state index < -0.39 is 10.0 Å². The Morgan fingerprint density at radius 3 is 2.27 bits per heavy atom. The number of piperazine rings is 1. The topological polar surface area (TPSA) is 66.6 Å². The first kappa shape index (κ1) is 12.6. The molecule has 0 amide bonds. The Balaban J connectivity index is 2.40. The van der Waals surface area contributed by atoms with Gasteiger partial charge in [0.1, 0.15) is 0 Å². The summed E-state index contributed by atoms with van der Waals surface area (Å²) in [6.45, 7) is 7.75. The fourth-order valence-corrected chi connectivity index (χ4v) is 2.43. The zero-order valence-electron chi connectivity index (χ0n) is 9.15. The second kappa shape index (κ2) is 5.07. The highest BCUT2D eigenvalue weighted by molar-refractivity contribution is 7.88. The van der Waals surface area contributed by atoms with Gasteiger partial charge in [-0.25, -0.2) is 8.42 Å². The van der Waals surface area contributed by atoms with Gasteiger partial charge in [-0.2, -0.15) is 4.31 Å². The molecule has 88 valence electrons. The van der Waals surface area contributed by atoms with Crippen LogP contribution in [0.3, 0.4) is 0 Å². The monoisotopic (exact) mass is 233 g/mol. The maximum atomic E-state index is 11.2. The molecule has 0 aromatic carbocycles. The van der Waals surface area contributed by atoms with Crippen LogP contribution in [0.2, 0.25) is 0 Å². The Hall–Kier alpha value is -0.430. The van der Waals surface area contributed by atoms with Crippen molar-refractivity contribution in [3.05, 3.63) is 12.2 Å². The van der Waals surface area contributed by atoms with Gasteiger partial charge in [-0.05, 0) is 5.57 Å². The van der Waals surface area contributed by atoms with Crippen LogP contribution in [-0.2, 0) is 10.0 Å². The van der Waals surface area contributed by atoms with Crippen molar-refractivity contribution in [2.75, 3.05) is 45.5 Å². The molecule has 0 aromatic heterocycles. The summed E-state index contributed by atoms with van der Waals surface area (Å²) in [5, 5.41) is 0. The lowest BCUT2D eigenvalue weighted by atomic mass is 10.2. The summed E-state index contributed by atoms with van der Waals surface area (Å²) in [7, 11) is -3.02. The Bertz CT molecular complexity index is 318. The molecule has 1 aliphatic heterocycles. The first-order chi connectivity index (χ1) is 6.93. The molecule has 0 aromatic rings. The van der Waals surface area contributed by atoms with E-state index in [4.69, 9.17) is 5.73 Å². The van der Waals surface area contributed by atoms with E-state index in [1.165, 1.54) is 10.6 Å². The lowest BCUT2D eigenvalue weighted by molar-refractivity contribution is 0.201. The van der Waals surface area contributed by atoms with Crippen LogP contribution in [0, 0.1) is 0 Å². The van der Waals surface area contributed by atoms with Gasteiger partial charge in [0, 0.05) is 39.3 Å². The first-order valence-corrected chi connectivity index (χ1v) is 6.82. The number of hydrogen-bond donors (Lipinski definition) is 1. The third kappa shape index (κ3) is 3.90. The SMILES string of the molecule is C=C(CN)CN1CCN(S(C)(=O)=O)CC1. The molecule has 0 saturated carbocycles. The highest BCUT2D eigenvalue weighted by Gasteiger charge is 2.22. The van der Waals surface area contributed by atoms with Gasteiger partial charge in [0.2, 0.25) is 10.0 Å². The maximum absolute atomic E-state index is 11.2. The van der Waals surface area contributed by atoms with Crippen LogP contribution in [-0.4, -0.2) is 63.1 Å². The van der Waals surface area contributed by atoms with Gasteiger partial charge in [-0.3, -0.25) is 4.90 Å². The van der Waals surface area contributed by atoms with E-state index in [0.717, 1.165) is 25.2 Å². The second-order valence-electron chi connectivity index (χ2n) is 3.89. The molecule has 0 aliphatic carbocycles. The summed E-state index contributed by atoms with van der Waals surface area (Å²) in [6.07, 6.45) is 1.25. The fraction of sp³-hybridized carbons (Fsp3) is 0.778. The molecule has 6 heteroatoms. The Labute approximate surface area is 91.6 Å². The van der Waals surface area contributed by atoms with Gasteiger partial charge < -0.3 is 5.73 Å². The molecule has 1 aliphatic rings. The lowest BCUT2D eigenvalue weighted by Gasteiger charge is -2.33. The number of nitrogens with two attached hydrogens (primary N) is 1. The largest absolute Gasteiger partial charge is 0.327 e. The van der Waals surface area contributed by atoms with Gasteiger partial charge in [0.15, 0.2) is 0 Å². The molecule has 0 atom stereocenters. The number of nitrogens with zero attached hydrogens (tertiary/aromatic N) is 2. The van der Waals surface area contributed by atoms with Crippen molar-refractivity contribution < 1.29 is 8.42 Å². The Kier molecular flexibility index (Phi) is 4.27. The molecule has 5 nitrogen and oxygen atoms in total. The molecule has 1 rings (SSSR count). The fourth-order valence-electron chi connectivity index (χ4n) is 1.60. The zero-order valence-corrected chi connectivity index (χ0v) is 9.96. The molecule has 0 radical (unpaired) electrons. The van der Waals surface area contributed by atoms with E-state index in [1.807, 2.05) is 0 Å². The third-order valence-corrected chi connectivity index (χ3v) is 3.84. The van der Waals surface area contributed by atoms with E-state index >= 15 is 0 Å². The van der Waals surface area contributed by atoms with E-state index in [1.54, 1.807) is 0 Å². The van der Waals surface area contributed by atoms with Gasteiger partial charge in [-0.15, -0.1) is 0 Å². The van der Waals surface area contributed by atoms with Crippen LogP contribution in [0.1, 0.15) is 0 Å². The van der Waals surface area contributed by atoms with Crippen molar-refractivity contribution in [1.29, 1.82) is 0 Å². The zero-order chi connectivity index (χ0) is 11.5. The quantitative estimate of drug-likeness (QED) is 0.638.